The largest absolute Gasteiger partial charge is 0.398 e. The lowest BCUT2D eigenvalue weighted by Crippen LogP contribution is -2.11. The molecule has 78 valence electrons. The molecule has 1 rings (SSSR count). The Labute approximate surface area is 82.5 Å². The molecular formula is C8H12N2O3S. The molecule has 0 amide bonds. The van der Waals surface area contributed by atoms with E-state index in [2.05, 4.69) is 0 Å². The topological polar surface area (TPSA) is 106 Å². The van der Waals surface area contributed by atoms with Crippen LogP contribution in [0.1, 0.15) is 5.56 Å². The molecule has 1 aromatic rings. The second kappa shape index (κ2) is 3.95. The second-order valence-corrected chi connectivity index (χ2v) is 4.23. The van der Waals surface area contributed by atoms with Gasteiger partial charge < -0.3 is 11.5 Å². The Morgan fingerprint density at radius 1 is 1.36 bits per heavy atom. The average molecular weight is 216 g/mol. The van der Waals surface area contributed by atoms with Crippen molar-refractivity contribution in [2.24, 2.45) is 5.73 Å². The Bertz CT molecular complexity index is 428. The van der Waals surface area contributed by atoms with Gasteiger partial charge in [0.25, 0.3) is 10.1 Å². The van der Waals surface area contributed by atoms with Crippen LogP contribution in [0.5, 0.6) is 0 Å². The van der Waals surface area contributed by atoms with E-state index in [0.717, 1.165) is 0 Å². The van der Waals surface area contributed by atoms with Gasteiger partial charge in [-0.15, -0.1) is 0 Å². The fraction of sp³-hybridized carbons (Fsp3) is 0.250. The number of nitrogens with two attached hydrogens (primary N) is 2. The predicted octanol–water partition coefficient (Wildman–Crippen LogP) is 0.0167. The molecule has 0 atom stereocenters. The van der Waals surface area contributed by atoms with Crippen molar-refractivity contribution >= 4 is 15.8 Å². The van der Waals surface area contributed by atoms with Crippen LogP contribution in [0.2, 0.25) is 0 Å². The first-order valence-electron chi connectivity index (χ1n) is 4.01. The van der Waals surface area contributed by atoms with E-state index in [4.69, 9.17) is 16.0 Å². The van der Waals surface area contributed by atoms with Crippen LogP contribution in [0.3, 0.4) is 0 Å². The van der Waals surface area contributed by atoms with Gasteiger partial charge in [0.05, 0.1) is 4.90 Å². The molecule has 0 aliphatic carbocycles. The summed E-state index contributed by atoms with van der Waals surface area (Å²) in [7, 11) is -4.21. The van der Waals surface area contributed by atoms with Gasteiger partial charge in [-0.1, -0.05) is 6.07 Å². The smallest absolute Gasteiger partial charge is 0.294 e. The molecule has 0 unspecified atom stereocenters. The van der Waals surface area contributed by atoms with Crippen LogP contribution in [0.4, 0.5) is 5.69 Å². The van der Waals surface area contributed by atoms with Gasteiger partial charge in [-0.3, -0.25) is 4.55 Å². The number of rotatable bonds is 3. The highest BCUT2D eigenvalue weighted by atomic mass is 32.2. The van der Waals surface area contributed by atoms with Crippen LogP contribution in [0, 0.1) is 0 Å². The van der Waals surface area contributed by atoms with Gasteiger partial charge in [0, 0.05) is 5.69 Å². The van der Waals surface area contributed by atoms with Crippen LogP contribution < -0.4 is 11.5 Å². The maximum absolute atomic E-state index is 10.9. The molecule has 0 saturated carbocycles. The fourth-order valence-corrected chi connectivity index (χ4v) is 2.02. The van der Waals surface area contributed by atoms with Crippen molar-refractivity contribution in [2.75, 3.05) is 12.3 Å². The monoisotopic (exact) mass is 216 g/mol. The highest BCUT2D eigenvalue weighted by Gasteiger charge is 2.16. The highest BCUT2D eigenvalue weighted by Crippen LogP contribution is 2.21. The zero-order valence-electron chi connectivity index (χ0n) is 7.47. The van der Waals surface area contributed by atoms with Crippen molar-refractivity contribution in [3.8, 4) is 0 Å². The van der Waals surface area contributed by atoms with Crippen molar-refractivity contribution in [3.05, 3.63) is 23.8 Å². The first-order valence-corrected chi connectivity index (χ1v) is 5.45. The van der Waals surface area contributed by atoms with E-state index in [-0.39, 0.29) is 11.4 Å². The summed E-state index contributed by atoms with van der Waals surface area (Å²) in [5, 5.41) is 0. The molecule has 0 bridgehead atoms. The van der Waals surface area contributed by atoms with E-state index in [1.807, 2.05) is 0 Å². The molecule has 1 aromatic carbocycles. The SMILES string of the molecule is NCCc1c(N)cccc1S(=O)(=O)O. The Morgan fingerprint density at radius 2 is 2.00 bits per heavy atom. The van der Waals surface area contributed by atoms with Crippen molar-refractivity contribution in [2.45, 2.75) is 11.3 Å². The van der Waals surface area contributed by atoms with E-state index < -0.39 is 10.1 Å². The summed E-state index contributed by atoms with van der Waals surface area (Å²) >= 11 is 0. The second-order valence-electron chi connectivity index (χ2n) is 2.84. The molecule has 6 heteroatoms. The molecule has 0 spiro atoms. The third kappa shape index (κ3) is 2.22. The van der Waals surface area contributed by atoms with E-state index in [1.54, 1.807) is 6.07 Å². The van der Waals surface area contributed by atoms with Crippen molar-refractivity contribution < 1.29 is 13.0 Å². The third-order valence-electron chi connectivity index (χ3n) is 1.84. The predicted molar refractivity (Wildman–Crippen MR) is 53.4 cm³/mol. The number of nitrogen functional groups attached to an aromatic ring is 1. The van der Waals surface area contributed by atoms with Crippen LogP contribution in [0.15, 0.2) is 23.1 Å². The van der Waals surface area contributed by atoms with Gasteiger partial charge in [0.2, 0.25) is 0 Å². The van der Waals surface area contributed by atoms with Crippen LogP contribution in [-0.4, -0.2) is 19.5 Å². The average Bonchev–Trinajstić information content (AvgIpc) is 2.07. The summed E-state index contributed by atoms with van der Waals surface area (Å²) in [5.74, 6) is 0. The Hall–Kier alpha value is -1.11. The van der Waals surface area contributed by atoms with Gasteiger partial charge in [-0.05, 0) is 30.7 Å². The van der Waals surface area contributed by atoms with E-state index in [9.17, 15) is 8.42 Å². The minimum absolute atomic E-state index is 0.164. The van der Waals surface area contributed by atoms with Crippen molar-refractivity contribution in [1.29, 1.82) is 0 Å². The van der Waals surface area contributed by atoms with Crippen molar-refractivity contribution in [1.82, 2.24) is 0 Å². The maximum Gasteiger partial charge on any atom is 0.294 e. The van der Waals surface area contributed by atoms with Crippen LogP contribution in [-0.2, 0) is 16.5 Å². The van der Waals surface area contributed by atoms with Crippen LogP contribution >= 0.6 is 0 Å². The zero-order valence-corrected chi connectivity index (χ0v) is 8.29. The minimum atomic E-state index is -4.21. The Kier molecular flexibility index (Phi) is 3.10. The van der Waals surface area contributed by atoms with Crippen molar-refractivity contribution in [3.63, 3.8) is 0 Å². The highest BCUT2D eigenvalue weighted by molar-refractivity contribution is 7.85. The van der Waals surface area contributed by atoms with E-state index >= 15 is 0 Å². The Morgan fingerprint density at radius 3 is 2.50 bits per heavy atom. The molecule has 0 fully saturated rings. The summed E-state index contributed by atoms with van der Waals surface area (Å²) in [5.41, 5.74) is 11.6. The summed E-state index contributed by atoms with van der Waals surface area (Å²) in [6.45, 7) is 0.275. The number of hydrogen-bond donors (Lipinski definition) is 3. The summed E-state index contributed by atoms with van der Waals surface area (Å²) in [6.07, 6.45) is 0.321. The summed E-state index contributed by atoms with van der Waals surface area (Å²) in [6, 6.07) is 4.34. The molecule has 0 radical (unpaired) electrons. The fourth-order valence-electron chi connectivity index (χ4n) is 1.24. The molecule has 0 aliphatic rings. The molecule has 5 N–H and O–H groups in total. The first-order chi connectivity index (χ1) is 6.46. The maximum atomic E-state index is 10.9. The molecule has 0 aliphatic heterocycles. The summed E-state index contributed by atoms with van der Waals surface area (Å²) in [4.78, 5) is -0.164. The van der Waals surface area contributed by atoms with Gasteiger partial charge in [-0.25, -0.2) is 0 Å². The minimum Gasteiger partial charge on any atom is -0.398 e. The van der Waals surface area contributed by atoms with E-state index in [1.165, 1.54) is 12.1 Å². The lowest BCUT2D eigenvalue weighted by Gasteiger charge is -2.08. The van der Waals surface area contributed by atoms with E-state index in [0.29, 0.717) is 17.7 Å². The number of hydrogen-bond acceptors (Lipinski definition) is 4. The zero-order chi connectivity index (χ0) is 10.8. The Balaban J connectivity index is 3.36. The molecule has 0 aromatic heterocycles. The molecule has 5 nitrogen and oxygen atoms in total. The molecular weight excluding hydrogens is 204 g/mol. The van der Waals surface area contributed by atoms with Gasteiger partial charge >= 0.3 is 0 Å². The first kappa shape index (κ1) is 11.0. The normalized spacial score (nSPS) is 11.6. The van der Waals surface area contributed by atoms with Gasteiger partial charge in [0.15, 0.2) is 0 Å². The summed E-state index contributed by atoms with van der Waals surface area (Å²) < 4.78 is 30.8. The number of anilines is 1. The van der Waals surface area contributed by atoms with Crippen LogP contribution in [0.25, 0.3) is 0 Å². The third-order valence-corrected chi connectivity index (χ3v) is 2.78. The van der Waals surface area contributed by atoms with Gasteiger partial charge in [0.1, 0.15) is 0 Å². The number of benzene rings is 1. The lowest BCUT2D eigenvalue weighted by molar-refractivity contribution is 0.482. The van der Waals surface area contributed by atoms with Gasteiger partial charge in [-0.2, -0.15) is 8.42 Å². The molecule has 0 heterocycles. The lowest BCUT2D eigenvalue weighted by atomic mass is 10.1. The molecule has 14 heavy (non-hydrogen) atoms. The quantitative estimate of drug-likeness (QED) is 0.487. The standard InChI is InChI=1S/C8H12N2O3S/c9-5-4-6-7(10)2-1-3-8(6)14(11,12)13/h1-3H,4-5,9-10H2,(H,11,12,13). The molecule has 0 saturated heterocycles.